The molecule has 8 nitrogen and oxygen atoms in total. The van der Waals surface area contributed by atoms with Crippen LogP contribution in [-0.4, -0.2) is 34.5 Å². The van der Waals surface area contributed by atoms with E-state index in [1.807, 2.05) is 0 Å². The van der Waals surface area contributed by atoms with Gasteiger partial charge < -0.3 is 19.9 Å². The molecule has 9 heteroatoms. The maximum absolute atomic E-state index is 12.7. The standard InChI is InChI=1S/C23H18N2O6S/c1-13(26)17-9-19-20(31-12-30-19)10-18(17)25-21(27)15-6-4-14(5-7-15)11-32-22-16(23(28)29)3-2-8-24-22/h2-10H,11-12H2,1H3,(H,25,27)(H,28,29). The molecule has 4 rings (SSSR count). The number of carboxylic acid groups (broad SMARTS) is 1. The van der Waals surface area contributed by atoms with Crippen molar-refractivity contribution in [3.8, 4) is 11.5 Å². The van der Waals surface area contributed by atoms with Gasteiger partial charge in [0.15, 0.2) is 17.3 Å². The van der Waals surface area contributed by atoms with Gasteiger partial charge in [0.05, 0.1) is 11.3 Å². The molecule has 1 aliphatic heterocycles. The Balaban J connectivity index is 1.45. The number of ketones is 1. The first-order valence-electron chi connectivity index (χ1n) is 9.58. The van der Waals surface area contributed by atoms with E-state index in [2.05, 4.69) is 10.3 Å². The number of Topliss-reactive ketones (excluding diaryl/α,β-unsaturated/α-hetero) is 1. The highest BCUT2D eigenvalue weighted by Crippen LogP contribution is 2.37. The van der Waals surface area contributed by atoms with E-state index in [9.17, 15) is 19.5 Å². The van der Waals surface area contributed by atoms with E-state index >= 15 is 0 Å². The summed E-state index contributed by atoms with van der Waals surface area (Å²) in [5.74, 6) is -0.178. The summed E-state index contributed by atoms with van der Waals surface area (Å²) in [4.78, 5) is 40.1. The summed E-state index contributed by atoms with van der Waals surface area (Å²) in [5, 5.41) is 12.4. The zero-order valence-electron chi connectivity index (χ0n) is 17.0. The number of fused-ring (bicyclic) bond motifs is 1. The molecule has 2 N–H and O–H groups in total. The number of ether oxygens (including phenoxy) is 2. The molecule has 1 aliphatic rings. The quantitative estimate of drug-likeness (QED) is 0.405. The van der Waals surface area contributed by atoms with Gasteiger partial charge in [0.1, 0.15) is 5.03 Å². The molecule has 0 saturated heterocycles. The van der Waals surface area contributed by atoms with E-state index in [1.165, 1.54) is 24.8 Å². The molecule has 32 heavy (non-hydrogen) atoms. The minimum Gasteiger partial charge on any atom is -0.478 e. The number of carbonyl (C=O) groups excluding carboxylic acids is 2. The van der Waals surface area contributed by atoms with Gasteiger partial charge in [-0.25, -0.2) is 9.78 Å². The minimum atomic E-state index is -1.03. The fraction of sp³-hybridized carbons (Fsp3) is 0.130. The molecule has 2 heterocycles. The number of thioether (sulfide) groups is 1. The van der Waals surface area contributed by atoms with E-state index in [4.69, 9.17) is 9.47 Å². The molecule has 0 bridgehead atoms. The van der Waals surface area contributed by atoms with Crippen molar-refractivity contribution in [1.82, 2.24) is 4.98 Å². The Morgan fingerprint density at radius 1 is 1.06 bits per heavy atom. The molecule has 0 saturated carbocycles. The summed E-state index contributed by atoms with van der Waals surface area (Å²) in [5.41, 5.74) is 2.15. The Hall–Kier alpha value is -3.85. The van der Waals surface area contributed by atoms with Crippen LogP contribution < -0.4 is 14.8 Å². The molecule has 0 radical (unpaired) electrons. The van der Waals surface area contributed by atoms with Crippen LogP contribution >= 0.6 is 11.8 Å². The second-order valence-electron chi connectivity index (χ2n) is 6.91. The smallest absolute Gasteiger partial charge is 0.338 e. The molecule has 162 valence electrons. The first-order valence-corrected chi connectivity index (χ1v) is 10.6. The van der Waals surface area contributed by atoms with Crippen LogP contribution in [0.2, 0.25) is 0 Å². The highest BCUT2D eigenvalue weighted by molar-refractivity contribution is 7.98. The average Bonchev–Trinajstić information content (AvgIpc) is 3.25. The molecule has 0 unspecified atom stereocenters. The van der Waals surface area contributed by atoms with E-state index in [0.717, 1.165) is 5.56 Å². The SMILES string of the molecule is CC(=O)c1cc2c(cc1NC(=O)c1ccc(CSc3ncccc3C(=O)O)cc1)OCO2. The van der Waals surface area contributed by atoms with Crippen molar-refractivity contribution in [3.63, 3.8) is 0 Å². The van der Waals surface area contributed by atoms with Gasteiger partial charge in [-0.1, -0.05) is 12.1 Å². The van der Waals surface area contributed by atoms with E-state index < -0.39 is 5.97 Å². The molecule has 3 aromatic rings. The van der Waals surface area contributed by atoms with Crippen molar-refractivity contribution < 1.29 is 29.0 Å². The van der Waals surface area contributed by atoms with Gasteiger partial charge in [0, 0.05) is 29.1 Å². The summed E-state index contributed by atoms with van der Waals surface area (Å²) >= 11 is 1.31. The number of hydrogen-bond acceptors (Lipinski definition) is 7. The second kappa shape index (κ2) is 9.11. The maximum atomic E-state index is 12.7. The van der Waals surface area contributed by atoms with Gasteiger partial charge in [-0.3, -0.25) is 9.59 Å². The monoisotopic (exact) mass is 450 g/mol. The zero-order chi connectivity index (χ0) is 22.7. The Morgan fingerprint density at radius 3 is 2.47 bits per heavy atom. The second-order valence-corrected chi connectivity index (χ2v) is 7.87. The number of carboxylic acids is 1. The van der Waals surface area contributed by atoms with Gasteiger partial charge >= 0.3 is 5.97 Å². The van der Waals surface area contributed by atoms with Gasteiger partial charge in [-0.2, -0.15) is 0 Å². The number of amides is 1. The van der Waals surface area contributed by atoms with Gasteiger partial charge in [0.2, 0.25) is 6.79 Å². The minimum absolute atomic E-state index is 0.0655. The summed E-state index contributed by atoms with van der Waals surface area (Å²) in [6.45, 7) is 1.48. The number of pyridine rings is 1. The summed E-state index contributed by atoms with van der Waals surface area (Å²) in [6, 6.07) is 13.1. The Labute approximate surface area is 187 Å². The van der Waals surface area contributed by atoms with E-state index in [0.29, 0.717) is 39.1 Å². The summed E-state index contributed by atoms with van der Waals surface area (Å²) < 4.78 is 10.6. The van der Waals surface area contributed by atoms with Crippen LogP contribution in [-0.2, 0) is 5.75 Å². The van der Waals surface area contributed by atoms with Crippen molar-refractivity contribution in [2.75, 3.05) is 12.1 Å². The molecular weight excluding hydrogens is 432 g/mol. The highest BCUT2D eigenvalue weighted by Gasteiger charge is 2.21. The first-order chi connectivity index (χ1) is 15.4. The van der Waals surface area contributed by atoms with Gasteiger partial charge in [0.25, 0.3) is 5.91 Å². The Kier molecular flexibility index (Phi) is 6.09. The van der Waals surface area contributed by atoms with Crippen LogP contribution in [0.5, 0.6) is 11.5 Å². The predicted octanol–water partition coefficient (Wildman–Crippen LogP) is 4.26. The number of rotatable bonds is 7. The van der Waals surface area contributed by atoms with Gasteiger partial charge in [-0.05, 0) is 42.8 Å². The number of aromatic carboxylic acids is 1. The lowest BCUT2D eigenvalue weighted by atomic mass is 10.1. The van der Waals surface area contributed by atoms with Crippen molar-refractivity contribution in [2.24, 2.45) is 0 Å². The van der Waals surface area contributed by atoms with Crippen LogP contribution in [0.25, 0.3) is 0 Å². The van der Waals surface area contributed by atoms with Crippen LogP contribution in [0.15, 0.2) is 59.8 Å². The van der Waals surface area contributed by atoms with Crippen molar-refractivity contribution >= 4 is 35.1 Å². The normalized spacial score (nSPS) is 11.8. The molecule has 0 aliphatic carbocycles. The molecule has 2 aromatic carbocycles. The fourth-order valence-corrected chi connectivity index (χ4v) is 4.05. The average molecular weight is 450 g/mol. The number of carbonyl (C=O) groups is 3. The van der Waals surface area contributed by atoms with E-state index in [-0.39, 0.29) is 24.0 Å². The lowest BCUT2D eigenvalue weighted by molar-refractivity contribution is 0.0691. The van der Waals surface area contributed by atoms with Crippen molar-refractivity contribution in [3.05, 3.63) is 77.0 Å². The number of aromatic nitrogens is 1. The molecule has 0 atom stereocenters. The number of nitrogens with one attached hydrogen (secondary N) is 1. The van der Waals surface area contributed by atoms with Crippen LogP contribution in [0, 0.1) is 0 Å². The van der Waals surface area contributed by atoms with Crippen molar-refractivity contribution in [1.29, 1.82) is 0 Å². The molecule has 1 aromatic heterocycles. The zero-order valence-corrected chi connectivity index (χ0v) is 17.8. The molecule has 0 spiro atoms. The number of benzene rings is 2. The van der Waals surface area contributed by atoms with Crippen LogP contribution in [0.4, 0.5) is 5.69 Å². The summed E-state index contributed by atoms with van der Waals surface area (Å²) in [6.07, 6.45) is 1.55. The lowest BCUT2D eigenvalue weighted by Crippen LogP contribution is -2.14. The Morgan fingerprint density at radius 2 is 1.78 bits per heavy atom. The van der Waals surface area contributed by atoms with Crippen LogP contribution in [0.3, 0.4) is 0 Å². The third-order valence-corrected chi connectivity index (χ3v) is 5.81. The molecule has 1 amide bonds. The molecular formula is C23H18N2O6S. The third kappa shape index (κ3) is 4.57. The topological polar surface area (TPSA) is 115 Å². The van der Waals surface area contributed by atoms with Crippen LogP contribution in [0.1, 0.15) is 43.6 Å². The highest BCUT2D eigenvalue weighted by atomic mass is 32.2. The number of anilines is 1. The lowest BCUT2D eigenvalue weighted by Gasteiger charge is -2.11. The fourth-order valence-electron chi connectivity index (χ4n) is 3.10. The Bertz CT molecular complexity index is 1210. The van der Waals surface area contributed by atoms with Crippen molar-refractivity contribution in [2.45, 2.75) is 17.7 Å². The van der Waals surface area contributed by atoms with Gasteiger partial charge in [-0.15, -0.1) is 11.8 Å². The first kappa shape index (κ1) is 21.4. The van der Waals surface area contributed by atoms with E-state index in [1.54, 1.807) is 48.7 Å². The predicted molar refractivity (Wildman–Crippen MR) is 118 cm³/mol. The molecule has 0 fully saturated rings. The number of hydrogen-bond donors (Lipinski definition) is 2. The largest absolute Gasteiger partial charge is 0.478 e. The third-order valence-electron chi connectivity index (χ3n) is 4.73. The number of nitrogens with zero attached hydrogens (tertiary/aromatic N) is 1. The summed E-state index contributed by atoms with van der Waals surface area (Å²) in [7, 11) is 0. The maximum Gasteiger partial charge on any atom is 0.338 e.